The van der Waals surface area contributed by atoms with Gasteiger partial charge in [0.15, 0.2) is 0 Å². The average molecular weight is 375 g/mol. The predicted octanol–water partition coefficient (Wildman–Crippen LogP) is 2.77. The van der Waals surface area contributed by atoms with Crippen LogP contribution in [0, 0.1) is 5.82 Å². The van der Waals surface area contributed by atoms with Crippen molar-refractivity contribution in [2.75, 3.05) is 17.3 Å². The molecule has 0 heterocycles. The van der Waals surface area contributed by atoms with Gasteiger partial charge in [-0.1, -0.05) is 12.1 Å². The Balaban J connectivity index is 1.92. The minimum absolute atomic E-state index is 0.195. The van der Waals surface area contributed by atoms with Crippen molar-refractivity contribution in [2.24, 2.45) is 5.73 Å². The molecule has 0 unspecified atom stereocenters. The first kappa shape index (κ1) is 19.9. The molecule has 2 aromatic carbocycles. The van der Waals surface area contributed by atoms with Gasteiger partial charge in [0.05, 0.1) is 6.04 Å². The monoisotopic (exact) mass is 375 g/mol. The summed E-state index contributed by atoms with van der Waals surface area (Å²) < 4.78 is 12.9. The van der Waals surface area contributed by atoms with Crippen LogP contribution in [-0.4, -0.2) is 29.9 Å². The Labute approximate surface area is 156 Å². The molecule has 0 radical (unpaired) electrons. The second-order valence-electron chi connectivity index (χ2n) is 5.77. The molecule has 0 aliphatic heterocycles. The van der Waals surface area contributed by atoms with Crippen molar-refractivity contribution in [3.8, 4) is 0 Å². The maximum atomic E-state index is 12.9. The first-order chi connectivity index (χ1) is 12.5. The number of carbonyl (C=O) groups is 2. The SMILES string of the molecule is CSCC[C@H](N)C(=O)NCc1cccc(NC(=O)c2ccc(F)cc2)c1. The Morgan fingerprint density at radius 3 is 2.62 bits per heavy atom. The lowest BCUT2D eigenvalue weighted by Crippen LogP contribution is -2.40. The Kier molecular flexibility index (Phi) is 7.62. The van der Waals surface area contributed by atoms with E-state index in [4.69, 9.17) is 5.73 Å². The number of amides is 2. The molecule has 26 heavy (non-hydrogen) atoms. The van der Waals surface area contributed by atoms with E-state index < -0.39 is 11.9 Å². The highest BCUT2D eigenvalue weighted by Gasteiger charge is 2.12. The van der Waals surface area contributed by atoms with Crippen LogP contribution in [0.25, 0.3) is 0 Å². The van der Waals surface area contributed by atoms with Crippen LogP contribution in [0.5, 0.6) is 0 Å². The van der Waals surface area contributed by atoms with Gasteiger partial charge in [-0.3, -0.25) is 9.59 Å². The molecule has 0 aliphatic rings. The first-order valence-electron chi connectivity index (χ1n) is 8.17. The number of anilines is 1. The number of carbonyl (C=O) groups excluding carboxylic acids is 2. The van der Waals surface area contributed by atoms with E-state index in [0.717, 1.165) is 11.3 Å². The summed E-state index contributed by atoms with van der Waals surface area (Å²) in [5.41, 5.74) is 7.63. The summed E-state index contributed by atoms with van der Waals surface area (Å²) in [5.74, 6) is -0.0837. The van der Waals surface area contributed by atoms with Gasteiger partial charge in [0.25, 0.3) is 5.91 Å². The van der Waals surface area contributed by atoms with E-state index >= 15 is 0 Å². The molecule has 0 aromatic heterocycles. The predicted molar refractivity (Wildman–Crippen MR) is 104 cm³/mol. The molecule has 1 atom stereocenters. The summed E-state index contributed by atoms with van der Waals surface area (Å²) in [6.07, 6.45) is 2.59. The van der Waals surface area contributed by atoms with Gasteiger partial charge < -0.3 is 16.4 Å². The largest absolute Gasteiger partial charge is 0.351 e. The number of hydrogen-bond acceptors (Lipinski definition) is 4. The highest BCUT2D eigenvalue weighted by Crippen LogP contribution is 2.13. The molecule has 0 spiro atoms. The smallest absolute Gasteiger partial charge is 0.255 e. The lowest BCUT2D eigenvalue weighted by Gasteiger charge is -2.12. The van der Waals surface area contributed by atoms with Crippen LogP contribution in [0.15, 0.2) is 48.5 Å². The maximum Gasteiger partial charge on any atom is 0.255 e. The van der Waals surface area contributed by atoms with Crippen LogP contribution in [-0.2, 0) is 11.3 Å². The van der Waals surface area contributed by atoms with Gasteiger partial charge in [-0.15, -0.1) is 0 Å². The minimum atomic E-state index is -0.524. The summed E-state index contributed by atoms with van der Waals surface area (Å²) in [6.45, 7) is 0.325. The number of halogens is 1. The fourth-order valence-electron chi connectivity index (χ4n) is 2.26. The fraction of sp³-hybridized carbons (Fsp3) is 0.263. The van der Waals surface area contributed by atoms with Crippen LogP contribution < -0.4 is 16.4 Å². The zero-order valence-electron chi connectivity index (χ0n) is 14.5. The van der Waals surface area contributed by atoms with E-state index in [1.54, 1.807) is 30.0 Å². The third-order valence-electron chi connectivity index (χ3n) is 3.73. The number of hydrogen-bond donors (Lipinski definition) is 3. The number of benzene rings is 2. The normalized spacial score (nSPS) is 11.7. The van der Waals surface area contributed by atoms with Crippen molar-refractivity contribution in [2.45, 2.75) is 19.0 Å². The van der Waals surface area contributed by atoms with Gasteiger partial charge in [-0.25, -0.2) is 4.39 Å². The average Bonchev–Trinajstić information content (AvgIpc) is 2.65. The van der Waals surface area contributed by atoms with Crippen molar-refractivity contribution < 1.29 is 14.0 Å². The molecule has 0 fully saturated rings. The van der Waals surface area contributed by atoms with Crippen molar-refractivity contribution >= 4 is 29.3 Å². The van der Waals surface area contributed by atoms with Crippen molar-refractivity contribution in [3.05, 3.63) is 65.5 Å². The van der Waals surface area contributed by atoms with Gasteiger partial charge in [-0.2, -0.15) is 11.8 Å². The summed E-state index contributed by atoms with van der Waals surface area (Å²) >= 11 is 1.65. The van der Waals surface area contributed by atoms with Gasteiger partial charge in [0, 0.05) is 17.8 Å². The second-order valence-corrected chi connectivity index (χ2v) is 6.75. The molecule has 138 valence electrons. The standard InChI is InChI=1S/C19H22FN3O2S/c1-26-10-9-17(21)19(25)22-12-13-3-2-4-16(11-13)23-18(24)14-5-7-15(20)8-6-14/h2-8,11,17H,9-10,12,21H2,1H3,(H,22,25)(H,23,24)/t17-/m0/s1. The summed E-state index contributed by atoms with van der Waals surface area (Å²) in [6, 6.07) is 11.9. The Bertz CT molecular complexity index is 753. The molecule has 5 nitrogen and oxygen atoms in total. The molecular weight excluding hydrogens is 353 g/mol. The van der Waals surface area contributed by atoms with Crippen molar-refractivity contribution in [3.63, 3.8) is 0 Å². The Morgan fingerprint density at radius 1 is 1.19 bits per heavy atom. The van der Waals surface area contributed by atoms with E-state index in [9.17, 15) is 14.0 Å². The lowest BCUT2D eigenvalue weighted by molar-refractivity contribution is -0.122. The number of thioether (sulfide) groups is 1. The van der Waals surface area contributed by atoms with Crippen molar-refractivity contribution in [1.82, 2.24) is 5.32 Å². The molecule has 2 amide bonds. The quantitative estimate of drug-likeness (QED) is 0.662. The Hall–Kier alpha value is -2.38. The summed E-state index contributed by atoms with van der Waals surface area (Å²) in [5, 5.41) is 5.55. The van der Waals surface area contributed by atoms with Crippen LogP contribution in [0.1, 0.15) is 22.3 Å². The van der Waals surface area contributed by atoms with Crippen LogP contribution in [0.2, 0.25) is 0 Å². The molecule has 0 saturated heterocycles. The van der Waals surface area contributed by atoms with E-state index in [1.807, 2.05) is 12.3 Å². The maximum absolute atomic E-state index is 12.9. The molecule has 2 rings (SSSR count). The van der Waals surface area contributed by atoms with Crippen LogP contribution >= 0.6 is 11.8 Å². The highest BCUT2D eigenvalue weighted by molar-refractivity contribution is 7.98. The Morgan fingerprint density at radius 2 is 1.92 bits per heavy atom. The van der Waals surface area contributed by atoms with E-state index in [-0.39, 0.29) is 11.8 Å². The molecule has 4 N–H and O–H groups in total. The lowest BCUT2D eigenvalue weighted by atomic mass is 10.1. The second kappa shape index (κ2) is 9.94. The van der Waals surface area contributed by atoms with Crippen molar-refractivity contribution in [1.29, 1.82) is 0 Å². The zero-order valence-corrected chi connectivity index (χ0v) is 15.3. The van der Waals surface area contributed by atoms with Gasteiger partial charge in [0.2, 0.25) is 5.91 Å². The summed E-state index contributed by atoms with van der Waals surface area (Å²) in [7, 11) is 0. The minimum Gasteiger partial charge on any atom is -0.351 e. The summed E-state index contributed by atoms with van der Waals surface area (Å²) in [4.78, 5) is 24.1. The molecule has 7 heteroatoms. The number of nitrogens with one attached hydrogen (secondary N) is 2. The molecule has 2 aromatic rings. The zero-order chi connectivity index (χ0) is 18.9. The topological polar surface area (TPSA) is 84.2 Å². The third kappa shape index (κ3) is 6.16. The van der Waals surface area contributed by atoms with E-state index in [0.29, 0.717) is 24.2 Å². The third-order valence-corrected chi connectivity index (χ3v) is 4.37. The molecule has 0 aliphatic carbocycles. The van der Waals surface area contributed by atoms with Gasteiger partial charge in [-0.05, 0) is 60.4 Å². The van der Waals surface area contributed by atoms with Crippen LogP contribution in [0.4, 0.5) is 10.1 Å². The number of rotatable bonds is 8. The number of nitrogens with two attached hydrogens (primary N) is 1. The van der Waals surface area contributed by atoms with Gasteiger partial charge >= 0.3 is 0 Å². The van der Waals surface area contributed by atoms with Crippen LogP contribution in [0.3, 0.4) is 0 Å². The van der Waals surface area contributed by atoms with E-state index in [2.05, 4.69) is 10.6 Å². The van der Waals surface area contributed by atoms with E-state index in [1.165, 1.54) is 24.3 Å². The molecule has 0 saturated carbocycles. The fourth-order valence-corrected chi connectivity index (χ4v) is 2.75. The first-order valence-corrected chi connectivity index (χ1v) is 9.57. The highest BCUT2D eigenvalue weighted by atomic mass is 32.2. The molecule has 0 bridgehead atoms. The van der Waals surface area contributed by atoms with Gasteiger partial charge in [0.1, 0.15) is 5.82 Å². The molecular formula is C19H22FN3O2S.